The van der Waals surface area contributed by atoms with Crippen molar-refractivity contribution in [1.29, 1.82) is 0 Å². The van der Waals surface area contributed by atoms with Gasteiger partial charge in [-0.25, -0.2) is 4.39 Å². The summed E-state index contributed by atoms with van der Waals surface area (Å²) in [7, 11) is 0. The van der Waals surface area contributed by atoms with Crippen LogP contribution in [0.25, 0.3) is 11.3 Å². The van der Waals surface area contributed by atoms with Crippen molar-refractivity contribution < 1.29 is 4.39 Å². The molecular formula is C15H18FN3. The number of anilines is 1. The lowest BCUT2D eigenvalue weighted by molar-refractivity contribution is 0.566. The molecule has 0 aliphatic carbocycles. The van der Waals surface area contributed by atoms with Crippen molar-refractivity contribution >= 4 is 5.69 Å². The third-order valence-electron chi connectivity index (χ3n) is 3.54. The largest absolute Gasteiger partial charge is 0.367 e. The molecule has 19 heavy (non-hydrogen) atoms. The summed E-state index contributed by atoms with van der Waals surface area (Å²) in [5, 5.41) is 3.28. The summed E-state index contributed by atoms with van der Waals surface area (Å²) >= 11 is 0. The van der Waals surface area contributed by atoms with Gasteiger partial charge in [-0.1, -0.05) is 0 Å². The zero-order valence-corrected chi connectivity index (χ0v) is 11.0. The average molecular weight is 259 g/mol. The minimum absolute atomic E-state index is 0.145. The van der Waals surface area contributed by atoms with E-state index in [9.17, 15) is 4.39 Å². The van der Waals surface area contributed by atoms with Crippen LogP contribution in [0.4, 0.5) is 10.1 Å². The van der Waals surface area contributed by atoms with Crippen LogP contribution in [-0.4, -0.2) is 31.2 Å². The lowest BCUT2D eigenvalue weighted by atomic mass is 10.1. The van der Waals surface area contributed by atoms with Crippen LogP contribution in [0.2, 0.25) is 0 Å². The maximum Gasteiger partial charge on any atom is 0.146 e. The number of piperazine rings is 1. The molecule has 100 valence electrons. The Morgan fingerprint density at radius 3 is 2.63 bits per heavy atom. The molecule has 1 aromatic carbocycles. The number of nitrogens with one attached hydrogen (secondary N) is 2. The zero-order chi connectivity index (χ0) is 13.2. The van der Waals surface area contributed by atoms with Crippen LogP contribution in [0.5, 0.6) is 0 Å². The number of benzene rings is 1. The molecule has 0 bridgehead atoms. The van der Waals surface area contributed by atoms with Crippen LogP contribution in [0.3, 0.4) is 0 Å². The van der Waals surface area contributed by atoms with E-state index in [4.69, 9.17) is 0 Å². The normalized spacial score (nSPS) is 15.8. The van der Waals surface area contributed by atoms with Gasteiger partial charge in [-0.15, -0.1) is 0 Å². The minimum atomic E-state index is -0.145. The standard InChI is InChI=1S/C15H18FN3/c1-11-8-14(18-10-11)12-2-3-13(16)15(9-12)19-6-4-17-5-7-19/h2-3,8-10,17-18H,4-7H2,1H3. The SMILES string of the molecule is Cc1c[nH]c(-c2ccc(F)c(N3CCNCC3)c2)c1. The molecule has 1 fully saturated rings. The van der Waals surface area contributed by atoms with Crippen LogP contribution < -0.4 is 10.2 Å². The van der Waals surface area contributed by atoms with Gasteiger partial charge in [-0.3, -0.25) is 0 Å². The third-order valence-corrected chi connectivity index (χ3v) is 3.54. The van der Waals surface area contributed by atoms with Crippen LogP contribution in [0.15, 0.2) is 30.5 Å². The Hall–Kier alpha value is -1.81. The Morgan fingerprint density at radius 1 is 1.16 bits per heavy atom. The molecule has 0 spiro atoms. The zero-order valence-electron chi connectivity index (χ0n) is 11.0. The van der Waals surface area contributed by atoms with E-state index in [1.165, 1.54) is 5.56 Å². The number of hydrogen-bond acceptors (Lipinski definition) is 2. The van der Waals surface area contributed by atoms with Gasteiger partial charge in [-0.2, -0.15) is 0 Å². The fourth-order valence-corrected chi connectivity index (χ4v) is 2.50. The number of nitrogens with zero attached hydrogens (tertiary/aromatic N) is 1. The molecule has 0 unspecified atom stereocenters. The molecule has 3 nitrogen and oxygen atoms in total. The second kappa shape index (κ2) is 5.05. The van der Waals surface area contributed by atoms with Gasteiger partial charge in [0.2, 0.25) is 0 Å². The Balaban J connectivity index is 1.95. The molecule has 0 saturated carbocycles. The topological polar surface area (TPSA) is 31.1 Å². The van der Waals surface area contributed by atoms with Crippen molar-refractivity contribution in [3.05, 3.63) is 41.8 Å². The summed E-state index contributed by atoms with van der Waals surface area (Å²) in [6.07, 6.45) is 1.96. The Labute approximate surface area is 112 Å². The molecule has 0 amide bonds. The predicted molar refractivity (Wildman–Crippen MR) is 76.0 cm³/mol. The average Bonchev–Trinajstić information content (AvgIpc) is 2.87. The van der Waals surface area contributed by atoms with Crippen LogP contribution in [0.1, 0.15) is 5.56 Å². The highest BCUT2D eigenvalue weighted by Gasteiger charge is 2.15. The molecule has 0 atom stereocenters. The van der Waals surface area contributed by atoms with Gasteiger partial charge in [-0.05, 0) is 36.8 Å². The molecule has 0 radical (unpaired) electrons. The number of halogens is 1. The van der Waals surface area contributed by atoms with Gasteiger partial charge in [0.05, 0.1) is 5.69 Å². The van der Waals surface area contributed by atoms with Crippen molar-refractivity contribution in [2.24, 2.45) is 0 Å². The monoisotopic (exact) mass is 259 g/mol. The molecule has 1 aromatic heterocycles. The number of aryl methyl sites for hydroxylation is 1. The fraction of sp³-hybridized carbons (Fsp3) is 0.333. The smallest absolute Gasteiger partial charge is 0.146 e. The van der Waals surface area contributed by atoms with E-state index in [2.05, 4.69) is 21.3 Å². The Morgan fingerprint density at radius 2 is 1.95 bits per heavy atom. The lowest BCUT2D eigenvalue weighted by Gasteiger charge is -2.30. The first-order valence-corrected chi connectivity index (χ1v) is 6.64. The van der Waals surface area contributed by atoms with E-state index in [1.807, 2.05) is 25.3 Å². The molecule has 2 heterocycles. The maximum atomic E-state index is 14.0. The third kappa shape index (κ3) is 2.49. The van der Waals surface area contributed by atoms with Gasteiger partial charge in [0.25, 0.3) is 0 Å². The second-order valence-electron chi connectivity index (χ2n) is 4.99. The first-order chi connectivity index (χ1) is 9.24. The van der Waals surface area contributed by atoms with Crippen molar-refractivity contribution in [1.82, 2.24) is 10.3 Å². The van der Waals surface area contributed by atoms with Crippen molar-refractivity contribution in [3.63, 3.8) is 0 Å². The highest BCUT2D eigenvalue weighted by Crippen LogP contribution is 2.27. The van der Waals surface area contributed by atoms with Gasteiger partial charge in [0.15, 0.2) is 0 Å². The van der Waals surface area contributed by atoms with E-state index in [0.717, 1.165) is 37.4 Å². The summed E-state index contributed by atoms with van der Waals surface area (Å²) in [6.45, 7) is 5.56. The Kier molecular flexibility index (Phi) is 3.25. The van der Waals surface area contributed by atoms with Crippen molar-refractivity contribution in [3.8, 4) is 11.3 Å². The predicted octanol–water partition coefficient (Wildman–Crippen LogP) is 2.54. The van der Waals surface area contributed by atoms with E-state index >= 15 is 0 Å². The number of rotatable bonds is 2. The molecule has 4 heteroatoms. The van der Waals surface area contributed by atoms with Gasteiger partial charge < -0.3 is 15.2 Å². The molecule has 1 saturated heterocycles. The summed E-state index contributed by atoms with van der Waals surface area (Å²) in [5.74, 6) is -0.145. The summed E-state index contributed by atoms with van der Waals surface area (Å²) in [5.41, 5.74) is 3.95. The molecule has 1 aliphatic heterocycles. The molecule has 2 N–H and O–H groups in total. The quantitative estimate of drug-likeness (QED) is 0.868. The lowest BCUT2D eigenvalue weighted by Crippen LogP contribution is -2.43. The van der Waals surface area contributed by atoms with Crippen molar-refractivity contribution in [2.75, 3.05) is 31.1 Å². The number of hydrogen-bond donors (Lipinski definition) is 2. The van der Waals surface area contributed by atoms with Crippen molar-refractivity contribution in [2.45, 2.75) is 6.92 Å². The van der Waals surface area contributed by atoms with Crippen LogP contribution >= 0.6 is 0 Å². The molecule has 2 aromatic rings. The molecule has 3 rings (SSSR count). The first-order valence-electron chi connectivity index (χ1n) is 6.64. The summed E-state index contributed by atoms with van der Waals surface area (Å²) in [6, 6.07) is 7.40. The van der Waals surface area contributed by atoms with E-state index < -0.39 is 0 Å². The number of aromatic amines is 1. The first kappa shape index (κ1) is 12.2. The number of H-pyrrole nitrogens is 1. The number of aromatic nitrogens is 1. The maximum absolute atomic E-state index is 14.0. The van der Waals surface area contributed by atoms with Gasteiger partial charge >= 0.3 is 0 Å². The van der Waals surface area contributed by atoms with E-state index in [1.54, 1.807) is 6.07 Å². The highest BCUT2D eigenvalue weighted by molar-refractivity contribution is 5.67. The minimum Gasteiger partial charge on any atom is -0.367 e. The molecule has 1 aliphatic rings. The summed E-state index contributed by atoms with van der Waals surface area (Å²) < 4.78 is 14.0. The van der Waals surface area contributed by atoms with Gasteiger partial charge in [0.1, 0.15) is 5.82 Å². The molecular weight excluding hydrogens is 241 g/mol. The Bertz CT molecular complexity index is 571. The van der Waals surface area contributed by atoms with Gasteiger partial charge in [0, 0.05) is 43.6 Å². The van der Waals surface area contributed by atoms with Crippen LogP contribution in [0, 0.1) is 12.7 Å². The summed E-state index contributed by atoms with van der Waals surface area (Å²) in [4.78, 5) is 5.32. The fourth-order valence-electron chi connectivity index (χ4n) is 2.50. The van der Waals surface area contributed by atoms with Crippen LogP contribution in [-0.2, 0) is 0 Å². The van der Waals surface area contributed by atoms with E-state index in [-0.39, 0.29) is 5.82 Å². The second-order valence-corrected chi connectivity index (χ2v) is 4.99. The van der Waals surface area contributed by atoms with E-state index in [0.29, 0.717) is 5.69 Å². The highest BCUT2D eigenvalue weighted by atomic mass is 19.1.